The van der Waals surface area contributed by atoms with Gasteiger partial charge in [0.05, 0.1) is 34.0 Å². The molecule has 1 aromatic carbocycles. The number of ether oxygens (including phenoxy) is 1. The van der Waals surface area contributed by atoms with Gasteiger partial charge >= 0.3 is 0 Å². The Morgan fingerprint density at radius 3 is 2.59 bits per heavy atom. The van der Waals surface area contributed by atoms with E-state index in [4.69, 9.17) is 9.84 Å². The molecule has 1 atom stereocenters. The molecule has 1 N–H and O–H groups in total. The minimum absolute atomic E-state index is 0.0541. The molecule has 8 nitrogen and oxygen atoms in total. The highest BCUT2D eigenvalue weighted by Gasteiger charge is 2.45. The number of sulfone groups is 1. The van der Waals surface area contributed by atoms with Gasteiger partial charge in [0, 0.05) is 24.6 Å². The van der Waals surface area contributed by atoms with Gasteiger partial charge in [0.2, 0.25) is 6.36 Å². The second kappa shape index (κ2) is 7.84. The number of halogens is 1. The van der Waals surface area contributed by atoms with Gasteiger partial charge in [-0.3, -0.25) is 4.79 Å². The highest BCUT2D eigenvalue weighted by molar-refractivity contribution is 7.93. The van der Waals surface area contributed by atoms with E-state index in [1.807, 2.05) is 19.9 Å². The van der Waals surface area contributed by atoms with Crippen molar-refractivity contribution in [3.05, 3.63) is 47.8 Å². The molecule has 4 rings (SSSR count). The van der Waals surface area contributed by atoms with Gasteiger partial charge in [-0.15, -0.1) is 0 Å². The number of benzene rings is 1. The first-order valence-corrected chi connectivity index (χ1v) is 12.1. The molecular formula is C22H25FN4O4S. The first-order chi connectivity index (χ1) is 15.0. The number of alkyl halides is 1. The van der Waals surface area contributed by atoms with Crippen LogP contribution in [0.4, 0.5) is 4.39 Å². The van der Waals surface area contributed by atoms with Crippen molar-refractivity contribution in [3.8, 4) is 11.4 Å². The van der Waals surface area contributed by atoms with Crippen molar-refractivity contribution in [3.63, 3.8) is 0 Å². The minimum atomic E-state index is -3.09. The second-order valence-electron chi connectivity index (χ2n) is 8.75. The number of amides is 1. The number of hydrogen-bond donors (Lipinski definition) is 1. The minimum Gasteiger partial charge on any atom is -0.461 e. The Morgan fingerprint density at radius 2 is 1.97 bits per heavy atom. The Kier molecular flexibility index (Phi) is 5.44. The normalized spacial score (nSPS) is 17.7. The van der Waals surface area contributed by atoms with Crippen LogP contribution >= 0.6 is 0 Å². The van der Waals surface area contributed by atoms with Gasteiger partial charge in [0.15, 0.2) is 15.5 Å². The van der Waals surface area contributed by atoms with Crippen molar-refractivity contribution in [2.24, 2.45) is 0 Å². The summed E-state index contributed by atoms with van der Waals surface area (Å²) in [4.78, 5) is 17.3. The maximum absolute atomic E-state index is 13.3. The zero-order chi connectivity index (χ0) is 23.3. The van der Waals surface area contributed by atoms with Crippen molar-refractivity contribution >= 4 is 26.8 Å². The molecule has 0 aliphatic carbocycles. The van der Waals surface area contributed by atoms with Crippen LogP contribution in [0.15, 0.2) is 36.5 Å². The van der Waals surface area contributed by atoms with Crippen LogP contribution in [-0.4, -0.2) is 52.5 Å². The Hall–Kier alpha value is -3.01. The molecular weight excluding hydrogens is 435 g/mol. The van der Waals surface area contributed by atoms with Crippen LogP contribution in [-0.2, 0) is 9.84 Å². The molecule has 10 heteroatoms. The lowest BCUT2D eigenvalue weighted by atomic mass is 10.0. The number of carbonyl (C=O) groups is 1. The molecule has 1 unspecified atom stereocenters. The molecule has 0 saturated carbocycles. The summed E-state index contributed by atoms with van der Waals surface area (Å²) in [5.41, 5.74) is 1.51. The molecule has 3 heterocycles. The predicted octanol–water partition coefficient (Wildman–Crippen LogP) is 3.16. The summed E-state index contributed by atoms with van der Waals surface area (Å²) >= 11 is 0. The van der Waals surface area contributed by atoms with E-state index in [9.17, 15) is 17.6 Å². The lowest BCUT2D eigenvalue weighted by Crippen LogP contribution is -2.63. The molecule has 0 radical (unpaired) electrons. The Labute approximate surface area is 185 Å². The number of hydrogen-bond acceptors (Lipinski definition) is 6. The van der Waals surface area contributed by atoms with Crippen LogP contribution in [0, 0.1) is 0 Å². The predicted molar refractivity (Wildman–Crippen MR) is 119 cm³/mol. The van der Waals surface area contributed by atoms with Crippen molar-refractivity contribution in [2.75, 3.05) is 11.5 Å². The third-order valence-electron chi connectivity index (χ3n) is 5.21. The fourth-order valence-electron chi connectivity index (χ4n) is 3.98. The second-order valence-corrected chi connectivity index (χ2v) is 10.8. The standard InChI is InChI=1S/C22H25FN4O4S/c1-13(2)19-18-8-15(21(28)25-22(4)11-32(29,30)12-22)10-24-20(18)27(26-19)16-6-5-7-17(9-16)31-14(3)23/h5-10,13-14H,11-12H2,1-4H3,(H,25,28). The van der Waals surface area contributed by atoms with Crippen LogP contribution in [0.2, 0.25) is 0 Å². The molecule has 1 amide bonds. The van der Waals surface area contributed by atoms with E-state index >= 15 is 0 Å². The number of nitrogens with one attached hydrogen (secondary N) is 1. The Morgan fingerprint density at radius 1 is 1.25 bits per heavy atom. The monoisotopic (exact) mass is 460 g/mol. The van der Waals surface area contributed by atoms with Crippen molar-refractivity contribution < 1.29 is 22.3 Å². The van der Waals surface area contributed by atoms with E-state index in [0.717, 1.165) is 5.69 Å². The highest BCUT2D eigenvalue weighted by atomic mass is 32.2. The van der Waals surface area contributed by atoms with Crippen molar-refractivity contribution in [2.45, 2.75) is 45.5 Å². The number of pyridine rings is 1. The summed E-state index contributed by atoms with van der Waals surface area (Å²) in [7, 11) is -3.09. The van der Waals surface area contributed by atoms with Crippen LogP contribution in [0.5, 0.6) is 5.75 Å². The number of rotatable bonds is 6. The number of fused-ring (bicyclic) bond motifs is 1. The largest absolute Gasteiger partial charge is 0.461 e. The van der Waals surface area contributed by atoms with Gasteiger partial charge < -0.3 is 10.1 Å². The molecule has 32 heavy (non-hydrogen) atoms. The van der Waals surface area contributed by atoms with Gasteiger partial charge in [0.1, 0.15) is 5.75 Å². The molecule has 0 bridgehead atoms. The number of carbonyl (C=O) groups excluding carboxylic acids is 1. The van der Waals surface area contributed by atoms with E-state index in [-0.39, 0.29) is 23.3 Å². The molecule has 2 aromatic heterocycles. The first-order valence-electron chi connectivity index (χ1n) is 10.3. The topological polar surface area (TPSA) is 103 Å². The summed E-state index contributed by atoms with van der Waals surface area (Å²) in [5.74, 6) is -0.115. The zero-order valence-electron chi connectivity index (χ0n) is 18.3. The van der Waals surface area contributed by atoms with Crippen LogP contribution in [0.25, 0.3) is 16.7 Å². The van der Waals surface area contributed by atoms with Gasteiger partial charge in [-0.1, -0.05) is 19.9 Å². The van der Waals surface area contributed by atoms with Gasteiger partial charge in [-0.25, -0.2) is 22.5 Å². The highest BCUT2D eigenvalue weighted by Crippen LogP contribution is 2.29. The van der Waals surface area contributed by atoms with Crippen LogP contribution in [0.1, 0.15) is 49.7 Å². The lowest BCUT2D eigenvalue weighted by Gasteiger charge is -2.38. The summed E-state index contributed by atoms with van der Waals surface area (Å²) < 4.78 is 43.1. The van der Waals surface area contributed by atoms with Gasteiger partial charge in [0.25, 0.3) is 5.91 Å². The van der Waals surface area contributed by atoms with Gasteiger partial charge in [-0.05, 0) is 31.0 Å². The van der Waals surface area contributed by atoms with Crippen LogP contribution in [0.3, 0.4) is 0 Å². The Bertz CT molecular complexity index is 1290. The molecule has 0 spiro atoms. The van der Waals surface area contributed by atoms with Crippen molar-refractivity contribution in [1.82, 2.24) is 20.1 Å². The van der Waals surface area contributed by atoms with E-state index in [1.165, 1.54) is 13.1 Å². The molecule has 3 aromatic rings. The van der Waals surface area contributed by atoms with E-state index in [1.54, 1.807) is 35.9 Å². The van der Waals surface area contributed by atoms with Crippen LogP contribution < -0.4 is 10.1 Å². The maximum Gasteiger partial charge on any atom is 0.253 e. The Balaban J connectivity index is 1.71. The molecule has 1 aliphatic heterocycles. The summed E-state index contributed by atoms with van der Waals surface area (Å²) in [6.07, 6.45) is -0.00180. The third-order valence-corrected chi connectivity index (χ3v) is 7.37. The summed E-state index contributed by atoms with van der Waals surface area (Å²) in [6, 6.07) is 8.60. The fraction of sp³-hybridized carbons (Fsp3) is 0.409. The van der Waals surface area contributed by atoms with E-state index < -0.39 is 21.7 Å². The smallest absolute Gasteiger partial charge is 0.253 e. The van der Waals surface area contributed by atoms with E-state index in [2.05, 4.69) is 10.3 Å². The maximum atomic E-state index is 13.3. The first kappa shape index (κ1) is 22.2. The SMILES string of the molecule is CC(F)Oc1cccc(-n2nc(C(C)C)c3cc(C(=O)NC4(C)CS(=O)(=O)C4)cnc32)c1. The number of aromatic nitrogens is 3. The quantitative estimate of drug-likeness (QED) is 0.606. The molecule has 1 saturated heterocycles. The fourth-order valence-corrected chi connectivity index (χ4v) is 5.98. The summed E-state index contributed by atoms with van der Waals surface area (Å²) in [5, 5.41) is 8.21. The van der Waals surface area contributed by atoms with Crippen molar-refractivity contribution in [1.29, 1.82) is 0 Å². The van der Waals surface area contributed by atoms with E-state index in [0.29, 0.717) is 28.0 Å². The molecule has 170 valence electrons. The summed E-state index contributed by atoms with van der Waals surface area (Å²) in [6.45, 7) is 7.00. The molecule has 1 aliphatic rings. The zero-order valence-corrected chi connectivity index (χ0v) is 19.1. The van der Waals surface area contributed by atoms with Gasteiger partial charge in [-0.2, -0.15) is 5.10 Å². The average Bonchev–Trinajstić information content (AvgIpc) is 3.05. The number of nitrogens with zero attached hydrogens (tertiary/aromatic N) is 3. The molecule has 1 fully saturated rings. The third kappa shape index (κ3) is 4.32. The average molecular weight is 461 g/mol. The lowest BCUT2D eigenvalue weighted by molar-refractivity contribution is 0.0859.